The largest absolute Gasteiger partial charge is 0.486 e. The van der Waals surface area contributed by atoms with Crippen molar-refractivity contribution in [2.75, 3.05) is 7.05 Å². The highest BCUT2D eigenvalue weighted by Crippen LogP contribution is 2.22. The van der Waals surface area contributed by atoms with Gasteiger partial charge in [0.1, 0.15) is 6.10 Å². The Bertz CT molecular complexity index is 371. The summed E-state index contributed by atoms with van der Waals surface area (Å²) >= 11 is 0. The highest BCUT2D eigenvalue weighted by Gasteiger charge is 2.21. The van der Waals surface area contributed by atoms with Crippen molar-refractivity contribution in [1.29, 1.82) is 0 Å². The second kappa shape index (κ2) is 7.31. The summed E-state index contributed by atoms with van der Waals surface area (Å²) in [6, 6.07) is 4.14. The van der Waals surface area contributed by atoms with Crippen LogP contribution in [0.1, 0.15) is 33.1 Å². The molecule has 2 nitrogen and oxygen atoms in total. The van der Waals surface area contributed by atoms with Gasteiger partial charge in [0.15, 0.2) is 11.6 Å². The fraction of sp³-hybridized carbons (Fsp3) is 0.571. The van der Waals surface area contributed by atoms with Crippen molar-refractivity contribution in [2.45, 2.75) is 45.3 Å². The molecule has 0 bridgehead atoms. The molecule has 0 aliphatic rings. The van der Waals surface area contributed by atoms with Gasteiger partial charge < -0.3 is 10.1 Å². The molecule has 0 saturated carbocycles. The van der Waals surface area contributed by atoms with Gasteiger partial charge in [-0.15, -0.1) is 0 Å². The molecule has 0 aliphatic heterocycles. The summed E-state index contributed by atoms with van der Waals surface area (Å²) in [7, 11) is 1.86. The predicted molar refractivity (Wildman–Crippen MR) is 68.8 cm³/mol. The Hall–Kier alpha value is -1.16. The summed E-state index contributed by atoms with van der Waals surface area (Å²) in [5.41, 5.74) is 0. The Morgan fingerprint density at radius 1 is 1.28 bits per heavy atom. The lowest BCUT2D eigenvalue weighted by Crippen LogP contribution is -2.41. The van der Waals surface area contributed by atoms with Crippen LogP contribution in [0.25, 0.3) is 0 Å². The van der Waals surface area contributed by atoms with Gasteiger partial charge in [-0.3, -0.25) is 0 Å². The van der Waals surface area contributed by atoms with E-state index in [2.05, 4.69) is 12.2 Å². The quantitative estimate of drug-likeness (QED) is 0.807. The van der Waals surface area contributed by atoms with Crippen molar-refractivity contribution in [1.82, 2.24) is 5.32 Å². The average molecular weight is 257 g/mol. The van der Waals surface area contributed by atoms with Crippen molar-refractivity contribution in [3.63, 3.8) is 0 Å². The minimum Gasteiger partial charge on any atom is -0.486 e. The number of ether oxygens (including phenoxy) is 1. The van der Waals surface area contributed by atoms with E-state index >= 15 is 0 Å². The molecule has 0 aliphatic carbocycles. The summed E-state index contributed by atoms with van der Waals surface area (Å²) in [6.45, 7) is 4.06. The van der Waals surface area contributed by atoms with Gasteiger partial charge in [0, 0.05) is 6.04 Å². The zero-order valence-corrected chi connectivity index (χ0v) is 11.2. The molecule has 1 N–H and O–H groups in total. The number of rotatable bonds is 7. The Balaban J connectivity index is 2.81. The minimum absolute atomic E-state index is 0.0156. The maximum absolute atomic E-state index is 13.5. The molecule has 0 saturated heterocycles. The Morgan fingerprint density at radius 3 is 2.56 bits per heavy atom. The van der Waals surface area contributed by atoms with Crippen LogP contribution in [0.4, 0.5) is 8.78 Å². The van der Waals surface area contributed by atoms with Crippen molar-refractivity contribution < 1.29 is 13.5 Å². The van der Waals surface area contributed by atoms with E-state index in [1.54, 1.807) is 0 Å². The monoisotopic (exact) mass is 257 g/mol. The number of halogens is 2. The first-order chi connectivity index (χ1) is 8.63. The molecule has 2 unspecified atom stereocenters. The number of hydrogen-bond acceptors (Lipinski definition) is 2. The number of nitrogens with one attached hydrogen (secondary N) is 1. The lowest BCUT2D eigenvalue weighted by Gasteiger charge is -2.26. The van der Waals surface area contributed by atoms with E-state index in [1.165, 1.54) is 12.1 Å². The third kappa shape index (κ3) is 3.67. The molecule has 0 spiro atoms. The molecule has 1 aromatic carbocycles. The second-order valence-electron chi connectivity index (χ2n) is 4.30. The van der Waals surface area contributed by atoms with Crippen molar-refractivity contribution >= 4 is 0 Å². The third-order valence-corrected chi connectivity index (χ3v) is 3.02. The fourth-order valence-corrected chi connectivity index (χ4v) is 2.02. The first-order valence-electron chi connectivity index (χ1n) is 6.41. The highest BCUT2D eigenvalue weighted by atomic mass is 19.2. The molecule has 102 valence electrons. The molecular weight excluding hydrogens is 236 g/mol. The molecule has 18 heavy (non-hydrogen) atoms. The van der Waals surface area contributed by atoms with E-state index in [9.17, 15) is 8.78 Å². The zero-order valence-electron chi connectivity index (χ0n) is 11.2. The van der Waals surface area contributed by atoms with Gasteiger partial charge in [-0.1, -0.05) is 26.3 Å². The maximum atomic E-state index is 13.5. The molecule has 0 fully saturated rings. The van der Waals surface area contributed by atoms with Gasteiger partial charge >= 0.3 is 0 Å². The summed E-state index contributed by atoms with van der Waals surface area (Å²) in [5, 5.41) is 3.17. The topological polar surface area (TPSA) is 21.3 Å². The van der Waals surface area contributed by atoms with Crippen LogP contribution in [0, 0.1) is 11.6 Å². The average Bonchev–Trinajstić information content (AvgIpc) is 2.38. The molecule has 1 aromatic rings. The van der Waals surface area contributed by atoms with E-state index in [0.717, 1.165) is 25.3 Å². The van der Waals surface area contributed by atoms with Crippen LogP contribution in [0.3, 0.4) is 0 Å². The van der Waals surface area contributed by atoms with Crippen molar-refractivity contribution in [2.24, 2.45) is 0 Å². The highest BCUT2D eigenvalue weighted by molar-refractivity contribution is 5.25. The first-order valence-corrected chi connectivity index (χ1v) is 6.41. The molecule has 0 radical (unpaired) electrons. The summed E-state index contributed by atoms with van der Waals surface area (Å²) < 4.78 is 32.2. The molecule has 0 amide bonds. The Labute approximate surface area is 107 Å². The first kappa shape index (κ1) is 14.9. The minimum atomic E-state index is -0.915. The zero-order chi connectivity index (χ0) is 13.5. The van der Waals surface area contributed by atoms with Gasteiger partial charge in [-0.05, 0) is 32.0 Å². The van der Waals surface area contributed by atoms with Crippen LogP contribution in [-0.4, -0.2) is 19.2 Å². The molecule has 0 aromatic heterocycles. The van der Waals surface area contributed by atoms with E-state index in [1.807, 2.05) is 14.0 Å². The lowest BCUT2D eigenvalue weighted by atomic mass is 10.0. The number of hydrogen-bond donors (Lipinski definition) is 1. The van der Waals surface area contributed by atoms with Gasteiger partial charge in [-0.2, -0.15) is 4.39 Å². The molecule has 4 heteroatoms. The van der Waals surface area contributed by atoms with Crippen molar-refractivity contribution in [3.05, 3.63) is 29.8 Å². The number of likely N-dealkylation sites (N-methyl/N-ethyl adjacent to an activating group) is 1. The van der Waals surface area contributed by atoms with E-state index < -0.39 is 11.6 Å². The Kier molecular flexibility index (Phi) is 6.05. The van der Waals surface area contributed by atoms with Crippen LogP contribution in [0.15, 0.2) is 18.2 Å². The van der Waals surface area contributed by atoms with Crippen LogP contribution in [0.2, 0.25) is 0 Å². The molecular formula is C14H21F2NO. The predicted octanol–water partition coefficient (Wildman–Crippen LogP) is 3.51. The van der Waals surface area contributed by atoms with E-state index in [0.29, 0.717) is 0 Å². The lowest BCUT2D eigenvalue weighted by molar-refractivity contribution is 0.139. The Morgan fingerprint density at radius 2 is 2.00 bits per heavy atom. The molecule has 2 atom stereocenters. The van der Waals surface area contributed by atoms with Gasteiger partial charge in [-0.25, -0.2) is 4.39 Å². The smallest absolute Gasteiger partial charge is 0.200 e. The van der Waals surface area contributed by atoms with Crippen molar-refractivity contribution in [3.8, 4) is 5.75 Å². The number of benzene rings is 1. The van der Waals surface area contributed by atoms with Crippen LogP contribution >= 0.6 is 0 Å². The SMILES string of the molecule is CCCC(NC)C(CC)Oc1cccc(F)c1F. The van der Waals surface area contributed by atoms with Gasteiger partial charge in [0.2, 0.25) is 5.82 Å². The summed E-state index contributed by atoms with van der Waals surface area (Å²) in [6.07, 6.45) is 2.52. The van der Waals surface area contributed by atoms with E-state index in [-0.39, 0.29) is 17.9 Å². The fourth-order valence-electron chi connectivity index (χ4n) is 2.02. The standard InChI is InChI=1S/C14H21F2NO/c1-4-7-11(17-3)12(5-2)18-13-9-6-8-10(15)14(13)16/h6,8-9,11-12,17H,4-5,7H2,1-3H3. The maximum Gasteiger partial charge on any atom is 0.200 e. The summed E-state index contributed by atoms with van der Waals surface area (Å²) in [5.74, 6) is -1.81. The normalized spacial score (nSPS) is 14.3. The third-order valence-electron chi connectivity index (χ3n) is 3.02. The van der Waals surface area contributed by atoms with Gasteiger partial charge in [0.05, 0.1) is 0 Å². The van der Waals surface area contributed by atoms with Crippen LogP contribution in [-0.2, 0) is 0 Å². The van der Waals surface area contributed by atoms with Crippen LogP contribution in [0.5, 0.6) is 5.75 Å². The van der Waals surface area contributed by atoms with E-state index in [4.69, 9.17) is 4.74 Å². The summed E-state index contributed by atoms with van der Waals surface area (Å²) in [4.78, 5) is 0. The van der Waals surface area contributed by atoms with Gasteiger partial charge in [0.25, 0.3) is 0 Å². The molecule has 1 rings (SSSR count). The molecule has 0 heterocycles. The second-order valence-corrected chi connectivity index (χ2v) is 4.30. The van der Waals surface area contributed by atoms with Crippen LogP contribution < -0.4 is 10.1 Å².